The molecule has 0 aliphatic heterocycles. The third-order valence-electron chi connectivity index (χ3n) is 5.59. The number of nitrogens with zero attached hydrogens (tertiary/aromatic N) is 1. The van der Waals surface area contributed by atoms with Crippen LogP contribution in [0, 0.1) is 20.8 Å². The van der Waals surface area contributed by atoms with Crippen LogP contribution < -0.4 is 10.1 Å². The summed E-state index contributed by atoms with van der Waals surface area (Å²) >= 11 is 0. The van der Waals surface area contributed by atoms with E-state index >= 15 is 0 Å². The van der Waals surface area contributed by atoms with Crippen molar-refractivity contribution in [3.8, 4) is 16.9 Å². The third kappa shape index (κ3) is 4.82. The molecule has 0 aliphatic rings. The second-order valence-corrected chi connectivity index (χ2v) is 8.28. The second kappa shape index (κ2) is 9.33. The van der Waals surface area contributed by atoms with Gasteiger partial charge >= 0.3 is 0 Å². The van der Waals surface area contributed by atoms with Gasteiger partial charge in [-0.1, -0.05) is 23.8 Å². The number of furan rings is 1. The Bertz CT molecular complexity index is 1370. The van der Waals surface area contributed by atoms with Gasteiger partial charge in [0.05, 0.1) is 12.9 Å². The number of carbonyl (C=O) groups is 1. The number of hydrogen-bond acceptors (Lipinski definition) is 4. The van der Waals surface area contributed by atoms with Gasteiger partial charge in [-0.25, -0.2) is 4.98 Å². The number of nitrogens with one attached hydrogen (secondary N) is 1. The number of ether oxygens (including phenoxy) is 1. The Hall–Kier alpha value is -3.86. The van der Waals surface area contributed by atoms with Gasteiger partial charge in [-0.3, -0.25) is 4.79 Å². The van der Waals surface area contributed by atoms with Crippen LogP contribution in [-0.4, -0.2) is 17.5 Å². The van der Waals surface area contributed by atoms with Gasteiger partial charge in [-0.05, 0) is 75.1 Å². The maximum atomic E-state index is 12.7. The predicted octanol–water partition coefficient (Wildman–Crippen LogP) is 6.86. The van der Waals surface area contributed by atoms with E-state index in [0.717, 1.165) is 38.8 Å². The minimum absolute atomic E-state index is 0.241. The highest BCUT2D eigenvalue weighted by Gasteiger charge is 2.16. The Morgan fingerprint density at radius 3 is 2.58 bits per heavy atom. The first-order valence-corrected chi connectivity index (χ1v) is 11.0. The van der Waals surface area contributed by atoms with E-state index in [0.29, 0.717) is 18.2 Å². The van der Waals surface area contributed by atoms with Crippen LogP contribution in [0.1, 0.15) is 36.1 Å². The molecule has 4 aromatic rings. The first-order chi connectivity index (χ1) is 15.9. The zero-order valence-corrected chi connectivity index (χ0v) is 19.7. The summed E-state index contributed by atoms with van der Waals surface area (Å²) in [5, 5.41) is 3.81. The van der Waals surface area contributed by atoms with Crippen molar-refractivity contribution >= 4 is 28.3 Å². The monoisotopic (exact) mass is 440 g/mol. The maximum absolute atomic E-state index is 12.7. The molecule has 5 heteroatoms. The maximum Gasteiger partial charge on any atom is 0.249 e. The molecule has 33 heavy (non-hydrogen) atoms. The van der Waals surface area contributed by atoms with Crippen LogP contribution in [0.15, 0.2) is 65.4 Å². The summed E-state index contributed by atoms with van der Waals surface area (Å²) in [4.78, 5) is 16.9. The number of hydrogen-bond donors (Lipinski definition) is 1. The molecule has 0 bridgehead atoms. The Kier molecular flexibility index (Phi) is 6.31. The molecule has 4 rings (SSSR count). The fourth-order valence-corrected chi connectivity index (χ4v) is 4.00. The lowest BCUT2D eigenvalue weighted by molar-refractivity contribution is -0.111. The van der Waals surface area contributed by atoms with Crippen molar-refractivity contribution in [2.75, 3.05) is 11.9 Å². The average molecular weight is 441 g/mol. The summed E-state index contributed by atoms with van der Waals surface area (Å²) in [7, 11) is 0. The molecule has 0 spiro atoms. The summed E-state index contributed by atoms with van der Waals surface area (Å²) in [5.41, 5.74) is 7.97. The van der Waals surface area contributed by atoms with Crippen molar-refractivity contribution < 1.29 is 13.9 Å². The van der Waals surface area contributed by atoms with Crippen molar-refractivity contribution in [1.29, 1.82) is 0 Å². The highest BCUT2D eigenvalue weighted by molar-refractivity contribution is 6.05. The summed E-state index contributed by atoms with van der Waals surface area (Å²) in [6, 6.07) is 14.1. The van der Waals surface area contributed by atoms with Crippen LogP contribution in [0.4, 0.5) is 5.82 Å². The van der Waals surface area contributed by atoms with E-state index in [4.69, 9.17) is 9.15 Å². The molecule has 0 saturated carbocycles. The van der Waals surface area contributed by atoms with Crippen LogP contribution in [0.3, 0.4) is 0 Å². The third-order valence-corrected chi connectivity index (χ3v) is 5.59. The molecule has 0 fully saturated rings. The summed E-state index contributed by atoms with van der Waals surface area (Å²) in [6.07, 6.45) is 5.04. The number of allylic oxidation sites excluding steroid dienone is 1. The van der Waals surface area contributed by atoms with Crippen LogP contribution in [0.2, 0.25) is 0 Å². The molecule has 0 atom stereocenters. The molecule has 0 radical (unpaired) electrons. The Morgan fingerprint density at radius 1 is 1.06 bits per heavy atom. The van der Waals surface area contributed by atoms with E-state index in [2.05, 4.69) is 42.3 Å². The van der Waals surface area contributed by atoms with Gasteiger partial charge in [0.15, 0.2) is 0 Å². The molecule has 168 valence electrons. The van der Waals surface area contributed by atoms with E-state index in [1.54, 1.807) is 18.5 Å². The SMILES string of the molecule is CCOc1cc2occ(-c3ccc(C)cc3C)c2cc1/C(C)=C/C(=O)Nc1cc(C)ccn1. The molecular weight excluding hydrogens is 412 g/mol. The Labute approximate surface area is 194 Å². The van der Waals surface area contributed by atoms with Gasteiger partial charge in [0.2, 0.25) is 5.91 Å². The number of fused-ring (bicyclic) bond motifs is 1. The lowest BCUT2D eigenvalue weighted by Gasteiger charge is -2.12. The van der Waals surface area contributed by atoms with Crippen molar-refractivity contribution in [3.63, 3.8) is 0 Å². The summed E-state index contributed by atoms with van der Waals surface area (Å²) in [5.74, 6) is 0.966. The van der Waals surface area contributed by atoms with E-state index in [9.17, 15) is 4.79 Å². The van der Waals surface area contributed by atoms with Crippen molar-refractivity contribution in [1.82, 2.24) is 4.98 Å². The van der Waals surface area contributed by atoms with E-state index in [1.165, 1.54) is 11.1 Å². The second-order valence-electron chi connectivity index (χ2n) is 8.28. The summed E-state index contributed by atoms with van der Waals surface area (Å²) in [6.45, 7) is 10.5. The first-order valence-electron chi connectivity index (χ1n) is 11.0. The highest BCUT2D eigenvalue weighted by Crippen LogP contribution is 2.38. The number of rotatable bonds is 6. The minimum Gasteiger partial charge on any atom is -0.493 e. The lowest BCUT2D eigenvalue weighted by Crippen LogP contribution is -2.10. The standard InChI is InChI=1S/C28H28N2O3/c1-6-32-25-15-26-23(24(16-33-26)21-8-7-17(2)11-19(21)4)14-22(25)20(5)13-28(31)30-27-12-18(3)9-10-29-27/h7-16H,6H2,1-5H3,(H,29,30,31)/b20-13+. The van der Waals surface area contributed by atoms with Crippen LogP contribution >= 0.6 is 0 Å². The highest BCUT2D eigenvalue weighted by atomic mass is 16.5. The normalized spacial score (nSPS) is 11.6. The molecule has 5 nitrogen and oxygen atoms in total. The zero-order valence-electron chi connectivity index (χ0n) is 19.7. The summed E-state index contributed by atoms with van der Waals surface area (Å²) < 4.78 is 11.8. The number of pyridine rings is 1. The number of anilines is 1. The number of amides is 1. The van der Waals surface area contributed by atoms with Gasteiger partial charge < -0.3 is 14.5 Å². The Balaban J connectivity index is 1.75. The van der Waals surface area contributed by atoms with Gasteiger partial charge in [0.25, 0.3) is 0 Å². The molecule has 0 unspecified atom stereocenters. The average Bonchev–Trinajstić information content (AvgIpc) is 3.16. The molecule has 1 amide bonds. The zero-order chi connectivity index (χ0) is 23.5. The van der Waals surface area contributed by atoms with Crippen molar-refractivity contribution in [3.05, 3.63) is 83.3 Å². The first kappa shape index (κ1) is 22.3. The van der Waals surface area contributed by atoms with Crippen LogP contribution in [0.25, 0.3) is 27.7 Å². The van der Waals surface area contributed by atoms with E-state index in [-0.39, 0.29) is 5.91 Å². The minimum atomic E-state index is -0.241. The molecule has 2 heterocycles. The largest absolute Gasteiger partial charge is 0.493 e. The van der Waals surface area contributed by atoms with Crippen molar-refractivity contribution in [2.24, 2.45) is 0 Å². The molecule has 0 aliphatic carbocycles. The molecular formula is C28H28N2O3. The fraction of sp³-hybridized carbons (Fsp3) is 0.214. The number of benzene rings is 2. The fourth-order valence-electron chi connectivity index (χ4n) is 4.00. The predicted molar refractivity (Wildman–Crippen MR) is 134 cm³/mol. The topological polar surface area (TPSA) is 64.4 Å². The molecule has 0 saturated heterocycles. The van der Waals surface area contributed by atoms with Gasteiger partial charge in [-0.2, -0.15) is 0 Å². The number of aromatic nitrogens is 1. The number of carbonyl (C=O) groups excluding carboxylic acids is 1. The lowest BCUT2D eigenvalue weighted by atomic mass is 9.96. The quantitative estimate of drug-likeness (QED) is 0.333. The molecule has 1 N–H and O–H groups in total. The molecule has 2 aromatic heterocycles. The van der Waals surface area contributed by atoms with E-state index < -0.39 is 0 Å². The van der Waals surface area contributed by atoms with Gasteiger partial charge in [0, 0.05) is 34.9 Å². The Morgan fingerprint density at radius 2 is 1.85 bits per heavy atom. The van der Waals surface area contributed by atoms with Gasteiger partial charge in [-0.15, -0.1) is 0 Å². The number of aryl methyl sites for hydroxylation is 3. The van der Waals surface area contributed by atoms with E-state index in [1.807, 2.05) is 45.0 Å². The van der Waals surface area contributed by atoms with Crippen LogP contribution in [-0.2, 0) is 4.79 Å². The smallest absolute Gasteiger partial charge is 0.249 e. The molecule has 2 aromatic carbocycles. The van der Waals surface area contributed by atoms with Gasteiger partial charge in [0.1, 0.15) is 17.2 Å². The van der Waals surface area contributed by atoms with Crippen LogP contribution in [0.5, 0.6) is 5.75 Å². The van der Waals surface area contributed by atoms with Crippen molar-refractivity contribution in [2.45, 2.75) is 34.6 Å².